The Labute approximate surface area is 177 Å². The van der Waals surface area contributed by atoms with E-state index in [2.05, 4.69) is 15.6 Å². The summed E-state index contributed by atoms with van der Waals surface area (Å²) in [6, 6.07) is 14.6. The number of carbonyl (C=O) groups excluding carboxylic acids is 1. The number of nitrogens with one attached hydrogen (secondary N) is 2. The molecule has 146 valence electrons. The first-order valence-electron chi connectivity index (χ1n) is 8.60. The van der Waals surface area contributed by atoms with Gasteiger partial charge in [-0.25, -0.2) is 4.99 Å². The van der Waals surface area contributed by atoms with Crippen molar-refractivity contribution in [2.45, 2.75) is 20.0 Å². The Bertz CT molecular complexity index is 744. The molecular formula is C20H27IN4O2. The van der Waals surface area contributed by atoms with Crippen molar-refractivity contribution in [1.29, 1.82) is 0 Å². The first-order valence-corrected chi connectivity index (χ1v) is 8.60. The Morgan fingerprint density at radius 2 is 1.59 bits per heavy atom. The molecule has 0 aromatic heterocycles. The van der Waals surface area contributed by atoms with Crippen LogP contribution in [0.2, 0.25) is 0 Å². The maximum absolute atomic E-state index is 11.9. The Kier molecular flexibility index (Phi) is 9.63. The second-order valence-electron chi connectivity index (χ2n) is 6.11. The molecule has 0 aliphatic carbocycles. The topological polar surface area (TPSA) is 77.0 Å². The molecule has 0 saturated heterocycles. The van der Waals surface area contributed by atoms with Gasteiger partial charge in [-0.3, -0.25) is 4.79 Å². The van der Waals surface area contributed by atoms with Gasteiger partial charge in [0.1, 0.15) is 5.75 Å². The van der Waals surface area contributed by atoms with Gasteiger partial charge in [0.15, 0.2) is 5.96 Å². The summed E-state index contributed by atoms with van der Waals surface area (Å²) < 4.78 is 0. The van der Waals surface area contributed by atoms with Crippen molar-refractivity contribution in [3.8, 4) is 5.75 Å². The van der Waals surface area contributed by atoms with Crippen LogP contribution in [0.5, 0.6) is 5.75 Å². The van der Waals surface area contributed by atoms with Gasteiger partial charge in [0.2, 0.25) is 0 Å². The fraction of sp³-hybridized carbons (Fsp3) is 0.300. The van der Waals surface area contributed by atoms with Crippen molar-refractivity contribution < 1.29 is 9.90 Å². The lowest BCUT2D eigenvalue weighted by Gasteiger charge is -2.13. The van der Waals surface area contributed by atoms with Gasteiger partial charge in [-0.15, -0.1) is 24.0 Å². The Morgan fingerprint density at radius 1 is 1.00 bits per heavy atom. The van der Waals surface area contributed by atoms with Gasteiger partial charge >= 0.3 is 0 Å². The number of carbonyl (C=O) groups is 1. The van der Waals surface area contributed by atoms with Crippen molar-refractivity contribution in [3.63, 3.8) is 0 Å². The van der Waals surface area contributed by atoms with E-state index in [0.717, 1.165) is 17.7 Å². The van der Waals surface area contributed by atoms with Crippen molar-refractivity contribution in [2.24, 2.45) is 4.99 Å². The number of nitrogens with zero attached hydrogens (tertiary/aromatic N) is 2. The number of halogens is 1. The molecule has 6 nitrogen and oxygen atoms in total. The maximum atomic E-state index is 11.9. The Morgan fingerprint density at radius 3 is 2.15 bits per heavy atom. The fourth-order valence-electron chi connectivity index (χ4n) is 2.32. The molecule has 0 bridgehead atoms. The molecule has 0 saturated carbocycles. The summed E-state index contributed by atoms with van der Waals surface area (Å²) in [6.45, 7) is 3.90. The van der Waals surface area contributed by atoms with E-state index < -0.39 is 0 Å². The number of guanidine groups is 1. The second-order valence-corrected chi connectivity index (χ2v) is 6.11. The minimum atomic E-state index is -0.00620. The van der Waals surface area contributed by atoms with E-state index in [-0.39, 0.29) is 35.6 Å². The van der Waals surface area contributed by atoms with Crippen LogP contribution in [-0.4, -0.2) is 42.5 Å². The average molecular weight is 482 g/mol. The zero-order chi connectivity index (χ0) is 18.9. The molecule has 3 N–H and O–H groups in total. The normalized spacial score (nSPS) is 10.7. The molecule has 0 unspecified atom stereocenters. The minimum Gasteiger partial charge on any atom is -0.508 e. The number of amides is 1. The van der Waals surface area contributed by atoms with Crippen LogP contribution in [0.1, 0.15) is 28.4 Å². The van der Waals surface area contributed by atoms with E-state index in [1.54, 1.807) is 31.1 Å². The van der Waals surface area contributed by atoms with Gasteiger partial charge in [0.05, 0.1) is 6.54 Å². The van der Waals surface area contributed by atoms with Crippen LogP contribution in [0, 0.1) is 0 Å². The van der Waals surface area contributed by atoms with Crippen LogP contribution in [0.4, 0.5) is 0 Å². The first-order chi connectivity index (χ1) is 12.5. The molecule has 7 heteroatoms. The molecule has 0 heterocycles. The number of aromatic hydroxyl groups is 1. The largest absolute Gasteiger partial charge is 0.508 e. The maximum Gasteiger partial charge on any atom is 0.253 e. The minimum absolute atomic E-state index is 0. The third kappa shape index (κ3) is 7.46. The summed E-state index contributed by atoms with van der Waals surface area (Å²) in [5.41, 5.74) is 2.76. The SMILES string of the molecule is CCNC(=NCc1ccc(O)cc1)NCc1ccc(C(=O)N(C)C)cc1.I. The fourth-order valence-corrected chi connectivity index (χ4v) is 2.32. The predicted octanol–water partition coefficient (Wildman–Crippen LogP) is 2.97. The number of phenols is 1. The van der Waals surface area contributed by atoms with Crippen molar-refractivity contribution >= 4 is 35.8 Å². The number of aliphatic imine (C=N–C) groups is 1. The summed E-state index contributed by atoms with van der Waals surface area (Å²) in [7, 11) is 3.48. The van der Waals surface area contributed by atoms with Crippen LogP contribution in [0.3, 0.4) is 0 Å². The molecule has 2 rings (SSSR count). The summed E-state index contributed by atoms with van der Waals surface area (Å²) in [5, 5.41) is 15.8. The highest BCUT2D eigenvalue weighted by atomic mass is 127. The Hall–Kier alpha value is -2.29. The lowest BCUT2D eigenvalue weighted by molar-refractivity contribution is 0.0827. The third-order valence-corrected chi connectivity index (χ3v) is 3.77. The van der Waals surface area contributed by atoms with Crippen molar-refractivity contribution in [2.75, 3.05) is 20.6 Å². The monoisotopic (exact) mass is 482 g/mol. The van der Waals surface area contributed by atoms with E-state index in [0.29, 0.717) is 24.6 Å². The molecule has 0 radical (unpaired) electrons. The second kappa shape index (κ2) is 11.4. The van der Waals surface area contributed by atoms with E-state index >= 15 is 0 Å². The summed E-state index contributed by atoms with van der Waals surface area (Å²) in [4.78, 5) is 18.0. The van der Waals surface area contributed by atoms with Crippen LogP contribution < -0.4 is 10.6 Å². The zero-order valence-electron chi connectivity index (χ0n) is 15.9. The quantitative estimate of drug-likeness (QED) is 0.336. The number of hydrogen-bond donors (Lipinski definition) is 3. The highest BCUT2D eigenvalue weighted by Gasteiger charge is 2.07. The van der Waals surface area contributed by atoms with Crippen LogP contribution in [-0.2, 0) is 13.1 Å². The average Bonchev–Trinajstić information content (AvgIpc) is 2.65. The van der Waals surface area contributed by atoms with Crippen molar-refractivity contribution in [3.05, 3.63) is 65.2 Å². The summed E-state index contributed by atoms with van der Waals surface area (Å²) in [6.07, 6.45) is 0. The molecule has 0 fully saturated rings. The predicted molar refractivity (Wildman–Crippen MR) is 120 cm³/mol. The first kappa shape index (κ1) is 22.8. The lowest BCUT2D eigenvalue weighted by Crippen LogP contribution is -2.36. The highest BCUT2D eigenvalue weighted by molar-refractivity contribution is 14.0. The van der Waals surface area contributed by atoms with Crippen LogP contribution >= 0.6 is 24.0 Å². The third-order valence-electron chi connectivity index (χ3n) is 3.77. The smallest absolute Gasteiger partial charge is 0.253 e. The van der Waals surface area contributed by atoms with Crippen LogP contribution in [0.25, 0.3) is 0 Å². The van der Waals surface area contributed by atoms with Gasteiger partial charge in [-0.2, -0.15) is 0 Å². The number of phenolic OH excluding ortho intramolecular Hbond substituents is 1. The molecule has 0 aliphatic rings. The lowest BCUT2D eigenvalue weighted by atomic mass is 10.1. The van der Waals surface area contributed by atoms with Gasteiger partial charge in [0, 0.05) is 32.7 Å². The van der Waals surface area contributed by atoms with Crippen LogP contribution in [0.15, 0.2) is 53.5 Å². The molecule has 2 aromatic carbocycles. The molecule has 2 aromatic rings. The molecule has 1 amide bonds. The summed E-state index contributed by atoms with van der Waals surface area (Å²) in [5.74, 6) is 0.960. The van der Waals surface area contributed by atoms with Gasteiger partial charge in [-0.05, 0) is 42.3 Å². The van der Waals surface area contributed by atoms with Gasteiger partial charge in [0.25, 0.3) is 5.91 Å². The number of benzene rings is 2. The number of hydrogen-bond acceptors (Lipinski definition) is 3. The van der Waals surface area contributed by atoms with Gasteiger partial charge in [-0.1, -0.05) is 24.3 Å². The van der Waals surface area contributed by atoms with E-state index in [1.165, 1.54) is 0 Å². The van der Waals surface area contributed by atoms with Crippen molar-refractivity contribution in [1.82, 2.24) is 15.5 Å². The van der Waals surface area contributed by atoms with E-state index in [4.69, 9.17) is 0 Å². The highest BCUT2D eigenvalue weighted by Crippen LogP contribution is 2.10. The van der Waals surface area contributed by atoms with E-state index in [1.807, 2.05) is 43.3 Å². The molecular weight excluding hydrogens is 455 g/mol. The Balaban J connectivity index is 0.00000364. The molecule has 0 spiro atoms. The molecule has 0 aliphatic heterocycles. The molecule has 27 heavy (non-hydrogen) atoms. The standard InChI is InChI=1S/C20H26N4O2.HI/c1-4-21-20(23-14-16-7-11-18(25)12-8-16)22-13-15-5-9-17(10-6-15)19(26)24(2)3;/h5-12,25H,4,13-14H2,1-3H3,(H2,21,22,23);1H. The summed E-state index contributed by atoms with van der Waals surface area (Å²) >= 11 is 0. The zero-order valence-corrected chi connectivity index (χ0v) is 18.2. The van der Waals surface area contributed by atoms with E-state index in [9.17, 15) is 9.90 Å². The van der Waals surface area contributed by atoms with Gasteiger partial charge < -0.3 is 20.6 Å². The number of rotatable bonds is 6. The molecule has 0 atom stereocenters.